The SMILES string of the molecule is CCC1O[C@H](CC)C(OC)[C@@H](C)[C@@H]1C. The molecule has 2 nitrogen and oxygen atoms in total. The average Bonchev–Trinajstić information content (AvgIpc) is 2.21. The van der Waals surface area contributed by atoms with Gasteiger partial charge >= 0.3 is 0 Å². The molecule has 0 bridgehead atoms. The highest BCUT2D eigenvalue weighted by atomic mass is 16.5. The van der Waals surface area contributed by atoms with Crippen LogP contribution in [0.25, 0.3) is 0 Å². The van der Waals surface area contributed by atoms with Crippen molar-refractivity contribution >= 4 is 0 Å². The van der Waals surface area contributed by atoms with Crippen molar-refractivity contribution in [2.75, 3.05) is 7.11 Å². The fourth-order valence-corrected chi connectivity index (χ4v) is 2.57. The molecule has 1 heterocycles. The Kier molecular flexibility index (Phi) is 4.39. The normalized spacial score (nSPS) is 43.9. The van der Waals surface area contributed by atoms with Crippen LogP contribution in [0, 0.1) is 11.8 Å². The van der Waals surface area contributed by atoms with E-state index in [0.717, 1.165) is 12.8 Å². The second-order valence-electron chi connectivity index (χ2n) is 4.45. The minimum Gasteiger partial charge on any atom is -0.378 e. The molecule has 0 spiro atoms. The molecule has 5 atom stereocenters. The zero-order valence-electron chi connectivity index (χ0n) is 10.1. The summed E-state index contributed by atoms with van der Waals surface area (Å²) in [7, 11) is 1.80. The molecule has 14 heavy (non-hydrogen) atoms. The Bertz CT molecular complexity index is 168. The predicted molar refractivity (Wildman–Crippen MR) is 58.4 cm³/mol. The Balaban J connectivity index is 2.71. The first kappa shape index (κ1) is 12.0. The van der Waals surface area contributed by atoms with Crippen molar-refractivity contribution in [1.82, 2.24) is 0 Å². The van der Waals surface area contributed by atoms with Crippen molar-refractivity contribution in [2.24, 2.45) is 11.8 Å². The van der Waals surface area contributed by atoms with E-state index < -0.39 is 0 Å². The zero-order chi connectivity index (χ0) is 10.7. The Morgan fingerprint density at radius 1 is 1.00 bits per heavy atom. The van der Waals surface area contributed by atoms with E-state index in [9.17, 15) is 0 Å². The van der Waals surface area contributed by atoms with Gasteiger partial charge in [-0.05, 0) is 24.7 Å². The average molecular weight is 200 g/mol. The molecule has 2 heteroatoms. The number of ether oxygens (including phenoxy) is 2. The van der Waals surface area contributed by atoms with Crippen molar-refractivity contribution < 1.29 is 9.47 Å². The minimum absolute atomic E-state index is 0.276. The molecule has 0 radical (unpaired) electrons. The summed E-state index contributed by atoms with van der Waals surface area (Å²) in [4.78, 5) is 0. The van der Waals surface area contributed by atoms with Gasteiger partial charge in [0.25, 0.3) is 0 Å². The Hall–Kier alpha value is -0.0800. The van der Waals surface area contributed by atoms with E-state index in [2.05, 4.69) is 27.7 Å². The summed E-state index contributed by atoms with van der Waals surface area (Å²) in [6.45, 7) is 8.93. The van der Waals surface area contributed by atoms with Gasteiger partial charge in [-0.2, -0.15) is 0 Å². The summed E-state index contributed by atoms with van der Waals surface area (Å²) in [5.41, 5.74) is 0. The van der Waals surface area contributed by atoms with Gasteiger partial charge in [0.2, 0.25) is 0 Å². The van der Waals surface area contributed by atoms with E-state index in [1.165, 1.54) is 0 Å². The molecule has 84 valence electrons. The lowest BCUT2D eigenvalue weighted by Gasteiger charge is -2.44. The van der Waals surface area contributed by atoms with Crippen LogP contribution in [0.1, 0.15) is 40.5 Å². The number of rotatable bonds is 3. The summed E-state index contributed by atoms with van der Waals surface area (Å²) in [6, 6.07) is 0. The van der Waals surface area contributed by atoms with Crippen molar-refractivity contribution in [2.45, 2.75) is 58.8 Å². The molecule has 1 aliphatic rings. The maximum atomic E-state index is 6.05. The molecule has 0 amide bonds. The van der Waals surface area contributed by atoms with Crippen LogP contribution < -0.4 is 0 Å². The van der Waals surface area contributed by atoms with Gasteiger partial charge in [0.1, 0.15) is 0 Å². The lowest BCUT2D eigenvalue weighted by molar-refractivity contribution is -0.179. The summed E-state index contributed by atoms with van der Waals surface area (Å²) in [6.07, 6.45) is 3.14. The maximum absolute atomic E-state index is 6.05. The second kappa shape index (κ2) is 5.13. The Morgan fingerprint density at radius 2 is 1.57 bits per heavy atom. The minimum atomic E-state index is 0.276. The van der Waals surface area contributed by atoms with Gasteiger partial charge in [-0.15, -0.1) is 0 Å². The molecule has 1 rings (SSSR count). The third kappa shape index (κ3) is 2.12. The van der Waals surface area contributed by atoms with Gasteiger partial charge < -0.3 is 9.47 Å². The molecule has 1 aliphatic heterocycles. The van der Waals surface area contributed by atoms with Crippen LogP contribution in [0.15, 0.2) is 0 Å². The second-order valence-corrected chi connectivity index (χ2v) is 4.45. The van der Waals surface area contributed by atoms with Crippen molar-refractivity contribution in [3.8, 4) is 0 Å². The van der Waals surface area contributed by atoms with E-state index in [1.807, 2.05) is 0 Å². The molecule has 2 unspecified atom stereocenters. The largest absolute Gasteiger partial charge is 0.378 e. The lowest BCUT2D eigenvalue weighted by atomic mass is 9.80. The van der Waals surface area contributed by atoms with E-state index in [4.69, 9.17) is 9.47 Å². The highest BCUT2D eigenvalue weighted by Crippen LogP contribution is 2.34. The van der Waals surface area contributed by atoms with Crippen molar-refractivity contribution in [1.29, 1.82) is 0 Å². The van der Waals surface area contributed by atoms with E-state index in [-0.39, 0.29) is 12.2 Å². The first-order chi connectivity index (χ1) is 6.65. The standard InChI is InChI=1S/C12H24O2/c1-6-10-8(3)9(4)12(13-5)11(7-2)14-10/h8-12H,6-7H2,1-5H3/t8-,9-,10?,11+,12?/m0/s1. The number of hydrogen-bond acceptors (Lipinski definition) is 2. The quantitative estimate of drug-likeness (QED) is 0.697. The van der Waals surface area contributed by atoms with Gasteiger partial charge in [-0.3, -0.25) is 0 Å². The van der Waals surface area contributed by atoms with Crippen LogP contribution in [-0.2, 0) is 9.47 Å². The Morgan fingerprint density at radius 3 is 2.00 bits per heavy atom. The van der Waals surface area contributed by atoms with Crippen LogP contribution in [0.2, 0.25) is 0 Å². The van der Waals surface area contributed by atoms with Crippen LogP contribution in [-0.4, -0.2) is 25.4 Å². The maximum Gasteiger partial charge on any atom is 0.0861 e. The zero-order valence-corrected chi connectivity index (χ0v) is 10.1. The molecule has 0 aromatic heterocycles. The fraction of sp³-hybridized carbons (Fsp3) is 1.00. The smallest absolute Gasteiger partial charge is 0.0861 e. The monoisotopic (exact) mass is 200 g/mol. The van der Waals surface area contributed by atoms with Gasteiger partial charge in [-0.1, -0.05) is 27.7 Å². The van der Waals surface area contributed by atoms with Gasteiger partial charge in [-0.25, -0.2) is 0 Å². The van der Waals surface area contributed by atoms with Crippen LogP contribution in [0.4, 0.5) is 0 Å². The van der Waals surface area contributed by atoms with Crippen molar-refractivity contribution in [3.63, 3.8) is 0 Å². The van der Waals surface area contributed by atoms with Gasteiger partial charge in [0.05, 0.1) is 18.3 Å². The first-order valence-corrected chi connectivity index (χ1v) is 5.83. The topological polar surface area (TPSA) is 18.5 Å². The Labute approximate surface area is 88.0 Å². The molecule has 0 aromatic rings. The third-order valence-corrected chi connectivity index (χ3v) is 3.73. The van der Waals surface area contributed by atoms with Crippen LogP contribution >= 0.6 is 0 Å². The van der Waals surface area contributed by atoms with E-state index in [0.29, 0.717) is 17.9 Å². The van der Waals surface area contributed by atoms with Gasteiger partial charge in [0, 0.05) is 7.11 Å². The highest BCUT2D eigenvalue weighted by Gasteiger charge is 2.39. The summed E-state index contributed by atoms with van der Waals surface area (Å²) in [5, 5.41) is 0. The molecule has 0 saturated carbocycles. The van der Waals surface area contributed by atoms with E-state index in [1.54, 1.807) is 7.11 Å². The van der Waals surface area contributed by atoms with Gasteiger partial charge in [0.15, 0.2) is 0 Å². The van der Waals surface area contributed by atoms with Crippen molar-refractivity contribution in [3.05, 3.63) is 0 Å². The summed E-state index contributed by atoms with van der Waals surface area (Å²) < 4.78 is 11.6. The summed E-state index contributed by atoms with van der Waals surface area (Å²) >= 11 is 0. The predicted octanol–water partition coefficient (Wildman–Crippen LogP) is 2.86. The van der Waals surface area contributed by atoms with Crippen LogP contribution in [0.3, 0.4) is 0 Å². The summed E-state index contributed by atoms with van der Waals surface area (Å²) in [5.74, 6) is 1.20. The fourth-order valence-electron chi connectivity index (χ4n) is 2.57. The molecule has 1 saturated heterocycles. The number of hydrogen-bond donors (Lipinski definition) is 0. The molecular formula is C12H24O2. The number of methoxy groups -OCH3 is 1. The molecule has 0 N–H and O–H groups in total. The van der Waals surface area contributed by atoms with E-state index >= 15 is 0 Å². The first-order valence-electron chi connectivity index (χ1n) is 5.83. The third-order valence-electron chi connectivity index (χ3n) is 3.73. The van der Waals surface area contributed by atoms with Crippen LogP contribution in [0.5, 0.6) is 0 Å². The molecule has 1 fully saturated rings. The molecular weight excluding hydrogens is 176 g/mol. The highest BCUT2D eigenvalue weighted by molar-refractivity contribution is 4.87. The lowest BCUT2D eigenvalue weighted by Crippen LogP contribution is -2.49. The molecule has 0 aliphatic carbocycles. The molecule has 0 aromatic carbocycles.